The van der Waals surface area contributed by atoms with E-state index in [1.165, 1.54) is 4.90 Å². The first-order chi connectivity index (χ1) is 16.6. The molecule has 34 heavy (non-hydrogen) atoms. The molecule has 0 aliphatic rings. The monoisotopic (exact) mass is 462 g/mol. The predicted octanol–water partition coefficient (Wildman–Crippen LogP) is 3.89. The summed E-state index contributed by atoms with van der Waals surface area (Å²) in [5, 5.41) is 3.23. The van der Waals surface area contributed by atoms with Gasteiger partial charge in [0.2, 0.25) is 0 Å². The minimum absolute atomic E-state index is 0.0637. The molecule has 3 N–H and O–H groups in total. The second kappa shape index (κ2) is 13.0. The van der Waals surface area contributed by atoms with Gasteiger partial charge in [0.25, 0.3) is 5.91 Å². The van der Waals surface area contributed by atoms with Gasteiger partial charge in [-0.15, -0.1) is 0 Å². The Morgan fingerprint density at radius 2 is 1.85 bits per heavy atom. The number of nitrogen functional groups attached to an aromatic ring is 1. The van der Waals surface area contributed by atoms with Crippen molar-refractivity contribution in [1.29, 1.82) is 0 Å². The molecule has 2 aromatic carbocycles. The lowest BCUT2D eigenvalue weighted by Gasteiger charge is -2.22. The first kappa shape index (κ1) is 24.7. The first-order valence-electron chi connectivity index (χ1n) is 11.2. The summed E-state index contributed by atoms with van der Waals surface area (Å²) in [6, 6.07) is 20.3. The quantitative estimate of drug-likeness (QED) is 0.239. The van der Waals surface area contributed by atoms with Crippen LogP contribution in [0.5, 0.6) is 0 Å². The maximum Gasteiger partial charge on any atom is 0.307 e. The largest absolute Gasteiger partial charge is 0.466 e. The third kappa shape index (κ3) is 7.31. The molecule has 0 radical (unpaired) electrons. The van der Waals surface area contributed by atoms with Crippen LogP contribution < -0.4 is 16.0 Å². The van der Waals surface area contributed by atoms with E-state index in [9.17, 15) is 9.59 Å². The third-order valence-electron chi connectivity index (χ3n) is 4.99. The molecule has 0 aliphatic carbocycles. The SMILES string of the molecule is CCOC(=O)CCN(C(=O)c1ccc(NCCOCc2ccccc2)c(N)c1)c1ccccn1. The van der Waals surface area contributed by atoms with Crippen molar-refractivity contribution in [1.82, 2.24) is 4.98 Å². The van der Waals surface area contributed by atoms with E-state index in [2.05, 4.69) is 10.3 Å². The Morgan fingerprint density at radius 3 is 2.56 bits per heavy atom. The van der Waals surface area contributed by atoms with Crippen LogP contribution in [0.15, 0.2) is 72.9 Å². The highest BCUT2D eigenvalue weighted by Crippen LogP contribution is 2.22. The molecule has 0 saturated heterocycles. The number of hydrogen-bond acceptors (Lipinski definition) is 7. The van der Waals surface area contributed by atoms with E-state index in [1.54, 1.807) is 49.5 Å². The topological polar surface area (TPSA) is 107 Å². The molecule has 1 amide bonds. The molecule has 8 heteroatoms. The number of hydrogen-bond donors (Lipinski definition) is 2. The van der Waals surface area contributed by atoms with Gasteiger partial charge in [0.15, 0.2) is 0 Å². The summed E-state index contributed by atoms with van der Waals surface area (Å²) in [4.78, 5) is 30.8. The summed E-state index contributed by atoms with van der Waals surface area (Å²) in [6.45, 7) is 3.81. The van der Waals surface area contributed by atoms with Crippen LogP contribution in [0, 0.1) is 0 Å². The zero-order valence-corrected chi connectivity index (χ0v) is 19.3. The molecule has 0 fully saturated rings. The zero-order chi connectivity index (χ0) is 24.2. The number of amides is 1. The van der Waals surface area contributed by atoms with E-state index in [-0.39, 0.29) is 24.8 Å². The van der Waals surface area contributed by atoms with Crippen molar-refractivity contribution in [2.45, 2.75) is 20.0 Å². The molecule has 1 heterocycles. The maximum absolute atomic E-state index is 13.3. The van der Waals surface area contributed by atoms with Gasteiger partial charge in [0, 0.05) is 24.8 Å². The van der Waals surface area contributed by atoms with Crippen molar-refractivity contribution < 1.29 is 19.1 Å². The lowest BCUT2D eigenvalue weighted by molar-refractivity contribution is -0.142. The number of pyridine rings is 1. The second-order valence-electron chi connectivity index (χ2n) is 7.47. The van der Waals surface area contributed by atoms with Crippen molar-refractivity contribution >= 4 is 29.1 Å². The highest BCUT2D eigenvalue weighted by Gasteiger charge is 2.21. The van der Waals surface area contributed by atoms with Crippen molar-refractivity contribution in [3.8, 4) is 0 Å². The Kier molecular flexibility index (Phi) is 9.42. The molecule has 0 spiro atoms. The highest BCUT2D eigenvalue weighted by molar-refractivity contribution is 6.06. The number of anilines is 3. The molecule has 0 saturated carbocycles. The Labute approximate surface area is 199 Å². The fourth-order valence-electron chi connectivity index (χ4n) is 3.30. The van der Waals surface area contributed by atoms with Crippen LogP contribution in [-0.2, 0) is 20.9 Å². The van der Waals surface area contributed by atoms with Gasteiger partial charge in [-0.1, -0.05) is 36.4 Å². The van der Waals surface area contributed by atoms with Crippen molar-refractivity contribution in [3.05, 3.63) is 84.1 Å². The molecule has 8 nitrogen and oxygen atoms in total. The Hall–Kier alpha value is -3.91. The Balaban J connectivity index is 1.60. The smallest absolute Gasteiger partial charge is 0.307 e. The number of nitrogens with one attached hydrogen (secondary N) is 1. The number of esters is 1. The van der Waals surface area contributed by atoms with E-state index < -0.39 is 0 Å². The van der Waals surface area contributed by atoms with Gasteiger partial charge in [0.1, 0.15) is 5.82 Å². The fraction of sp³-hybridized carbons (Fsp3) is 0.269. The van der Waals surface area contributed by atoms with Crippen LogP contribution in [0.2, 0.25) is 0 Å². The minimum Gasteiger partial charge on any atom is -0.466 e. The van der Waals surface area contributed by atoms with Crippen LogP contribution in [0.4, 0.5) is 17.2 Å². The number of aromatic nitrogens is 1. The summed E-state index contributed by atoms with van der Waals surface area (Å²) in [7, 11) is 0. The standard InChI is InChI=1S/C26H30N4O4/c1-2-34-25(31)13-16-30(24-10-6-7-14-29-24)26(32)21-11-12-23(22(27)18-21)28-15-17-33-19-20-8-4-3-5-9-20/h3-12,14,18,28H,2,13,15-17,19,27H2,1H3. The third-order valence-corrected chi connectivity index (χ3v) is 4.99. The minimum atomic E-state index is -0.371. The van der Waals surface area contributed by atoms with Gasteiger partial charge in [-0.2, -0.15) is 0 Å². The van der Waals surface area contributed by atoms with Gasteiger partial charge in [-0.3, -0.25) is 14.5 Å². The zero-order valence-electron chi connectivity index (χ0n) is 19.3. The molecule has 0 atom stereocenters. The van der Waals surface area contributed by atoms with Gasteiger partial charge in [-0.05, 0) is 42.8 Å². The summed E-state index contributed by atoms with van der Waals surface area (Å²) in [6.07, 6.45) is 1.66. The van der Waals surface area contributed by atoms with Gasteiger partial charge in [0.05, 0.1) is 37.6 Å². The van der Waals surface area contributed by atoms with E-state index in [4.69, 9.17) is 15.2 Å². The number of carbonyl (C=O) groups excluding carboxylic acids is 2. The maximum atomic E-state index is 13.3. The molecule has 3 aromatic rings. The molecule has 0 unspecified atom stereocenters. The van der Waals surface area contributed by atoms with Crippen LogP contribution in [0.25, 0.3) is 0 Å². The molecular formula is C26H30N4O4. The highest BCUT2D eigenvalue weighted by atomic mass is 16.5. The van der Waals surface area contributed by atoms with E-state index >= 15 is 0 Å². The van der Waals surface area contributed by atoms with Crippen LogP contribution in [0.1, 0.15) is 29.3 Å². The summed E-state index contributed by atoms with van der Waals surface area (Å²) in [5.41, 5.74) is 8.88. The van der Waals surface area contributed by atoms with E-state index in [1.807, 2.05) is 30.3 Å². The number of rotatable bonds is 12. The molecular weight excluding hydrogens is 432 g/mol. The second-order valence-corrected chi connectivity index (χ2v) is 7.47. The lowest BCUT2D eigenvalue weighted by atomic mass is 10.1. The number of ether oxygens (including phenoxy) is 2. The number of carbonyl (C=O) groups is 2. The summed E-state index contributed by atoms with van der Waals surface area (Å²) < 4.78 is 10.7. The average molecular weight is 463 g/mol. The molecule has 0 bridgehead atoms. The molecule has 1 aromatic heterocycles. The van der Waals surface area contributed by atoms with E-state index in [0.717, 1.165) is 11.3 Å². The van der Waals surface area contributed by atoms with Gasteiger partial charge >= 0.3 is 5.97 Å². The predicted molar refractivity (Wildman–Crippen MR) is 133 cm³/mol. The van der Waals surface area contributed by atoms with Crippen LogP contribution in [-0.4, -0.2) is 43.2 Å². The van der Waals surface area contributed by atoms with Crippen molar-refractivity contribution in [2.75, 3.05) is 42.3 Å². The number of nitrogens with zero attached hydrogens (tertiary/aromatic N) is 2. The van der Waals surface area contributed by atoms with Crippen LogP contribution in [0.3, 0.4) is 0 Å². The van der Waals surface area contributed by atoms with Crippen molar-refractivity contribution in [2.24, 2.45) is 0 Å². The normalized spacial score (nSPS) is 10.5. The Bertz CT molecular complexity index is 1060. The molecule has 178 valence electrons. The lowest BCUT2D eigenvalue weighted by Crippen LogP contribution is -2.34. The Morgan fingerprint density at radius 1 is 1.06 bits per heavy atom. The summed E-state index contributed by atoms with van der Waals surface area (Å²) >= 11 is 0. The van der Waals surface area contributed by atoms with Crippen molar-refractivity contribution in [3.63, 3.8) is 0 Å². The average Bonchev–Trinajstić information content (AvgIpc) is 2.86. The van der Waals surface area contributed by atoms with E-state index in [0.29, 0.717) is 43.4 Å². The first-order valence-corrected chi connectivity index (χ1v) is 11.2. The van der Waals surface area contributed by atoms with Gasteiger partial charge in [-0.25, -0.2) is 4.98 Å². The number of nitrogens with two attached hydrogens (primary N) is 1. The fourth-order valence-corrected chi connectivity index (χ4v) is 3.30. The van der Waals surface area contributed by atoms with Crippen LogP contribution >= 0.6 is 0 Å². The van der Waals surface area contributed by atoms with Gasteiger partial charge < -0.3 is 20.5 Å². The molecule has 0 aliphatic heterocycles. The molecule has 3 rings (SSSR count). The number of benzene rings is 2. The summed E-state index contributed by atoms with van der Waals surface area (Å²) in [5.74, 6) is -0.217.